The first-order valence-corrected chi connectivity index (χ1v) is 6.76. The maximum absolute atomic E-state index is 6.05. The first-order valence-electron chi connectivity index (χ1n) is 6.76. The van der Waals surface area contributed by atoms with Gasteiger partial charge in [-0.15, -0.1) is 0 Å². The summed E-state index contributed by atoms with van der Waals surface area (Å²) in [6, 6.07) is 25.3. The molecule has 3 heteroatoms. The van der Waals surface area contributed by atoms with Crippen molar-refractivity contribution in [1.29, 1.82) is 0 Å². The van der Waals surface area contributed by atoms with E-state index in [1.807, 2.05) is 78.9 Å². The van der Waals surface area contributed by atoms with Crippen molar-refractivity contribution in [2.45, 2.75) is 0 Å². The number of para-hydroxylation sites is 3. The van der Waals surface area contributed by atoms with Gasteiger partial charge in [0, 0.05) is 16.8 Å². The number of nitrogens with two attached hydrogens (primary N) is 1. The lowest BCUT2D eigenvalue weighted by Gasteiger charge is -2.13. The van der Waals surface area contributed by atoms with Crippen LogP contribution in [0.3, 0.4) is 0 Å². The van der Waals surface area contributed by atoms with Crippen LogP contribution in [0.1, 0.15) is 0 Å². The maximum Gasteiger partial charge on any atom is 0.162 e. The van der Waals surface area contributed by atoms with Crippen LogP contribution in [0, 0.1) is 0 Å². The summed E-state index contributed by atoms with van der Waals surface area (Å²) in [6.07, 6.45) is 0. The zero-order valence-electron chi connectivity index (χ0n) is 11.5. The largest absolute Gasteiger partial charge is 0.398 e. The highest BCUT2D eigenvalue weighted by molar-refractivity contribution is 5.80. The van der Waals surface area contributed by atoms with Gasteiger partial charge >= 0.3 is 0 Å². The van der Waals surface area contributed by atoms with E-state index in [0.717, 1.165) is 28.3 Å². The maximum atomic E-state index is 6.05. The van der Waals surface area contributed by atoms with Gasteiger partial charge in [-0.25, -0.2) is 5.48 Å². The first kappa shape index (κ1) is 13.1. The molecule has 0 spiro atoms. The summed E-state index contributed by atoms with van der Waals surface area (Å²) < 4.78 is 0. The first-order chi connectivity index (χ1) is 10.3. The number of benzene rings is 3. The van der Waals surface area contributed by atoms with E-state index >= 15 is 0 Å². The minimum atomic E-state index is 0.730. The number of hydrogen-bond donors (Lipinski definition) is 2. The molecule has 0 radical (unpaired) electrons. The van der Waals surface area contributed by atoms with Gasteiger partial charge in [0.25, 0.3) is 0 Å². The van der Waals surface area contributed by atoms with Crippen molar-refractivity contribution in [3.63, 3.8) is 0 Å². The van der Waals surface area contributed by atoms with Gasteiger partial charge in [-0.3, -0.25) is 0 Å². The Morgan fingerprint density at radius 2 is 1.29 bits per heavy atom. The summed E-state index contributed by atoms with van der Waals surface area (Å²) in [5, 5.41) is 0. The van der Waals surface area contributed by atoms with Crippen LogP contribution in [0.5, 0.6) is 5.75 Å². The summed E-state index contributed by atoms with van der Waals surface area (Å²) in [7, 11) is 0. The summed E-state index contributed by atoms with van der Waals surface area (Å²) in [5.41, 5.74) is 12.5. The lowest BCUT2D eigenvalue weighted by atomic mass is 10.0. The topological polar surface area (TPSA) is 47.3 Å². The van der Waals surface area contributed by atoms with Gasteiger partial charge < -0.3 is 10.6 Å². The second-order valence-corrected chi connectivity index (χ2v) is 4.65. The fourth-order valence-corrected chi connectivity index (χ4v) is 2.14. The molecule has 3 aromatic rings. The average molecular weight is 276 g/mol. The van der Waals surface area contributed by atoms with Gasteiger partial charge in [-0.1, -0.05) is 54.6 Å². The molecular weight excluding hydrogens is 260 g/mol. The number of rotatable bonds is 4. The zero-order chi connectivity index (χ0) is 14.5. The van der Waals surface area contributed by atoms with Crippen LogP contribution in [-0.2, 0) is 0 Å². The number of nitrogen functional groups attached to an aromatic ring is 1. The number of nitrogens with one attached hydrogen (secondary N) is 1. The van der Waals surface area contributed by atoms with Crippen LogP contribution in [0.15, 0.2) is 78.9 Å². The predicted octanol–water partition coefficient (Wildman–Crippen LogP) is 4.34. The molecule has 3 aromatic carbocycles. The molecule has 0 unspecified atom stereocenters. The highest BCUT2D eigenvalue weighted by Crippen LogP contribution is 2.33. The Morgan fingerprint density at radius 1 is 0.667 bits per heavy atom. The summed E-state index contributed by atoms with van der Waals surface area (Å²) >= 11 is 0. The van der Waals surface area contributed by atoms with Crippen LogP contribution in [0.2, 0.25) is 0 Å². The Balaban J connectivity index is 1.88. The van der Waals surface area contributed by atoms with E-state index in [9.17, 15) is 0 Å². The second kappa shape index (κ2) is 6.01. The number of hydrogen-bond acceptors (Lipinski definition) is 3. The Hall–Kier alpha value is -2.94. The van der Waals surface area contributed by atoms with Gasteiger partial charge in [0.15, 0.2) is 5.75 Å². The molecule has 0 aliphatic carbocycles. The van der Waals surface area contributed by atoms with Crippen LogP contribution in [0.25, 0.3) is 11.1 Å². The van der Waals surface area contributed by atoms with Crippen molar-refractivity contribution in [3.8, 4) is 16.9 Å². The van der Waals surface area contributed by atoms with Gasteiger partial charge in [0.2, 0.25) is 0 Å². The van der Waals surface area contributed by atoms with E-state index in [2.05, 4.69) is 5.48 Å². The molecule has 3 N–H and O–H groups in total. The fraction of sp³-hybridized carbons (Fsp3) is 0. The van der Waals surface area contributed by atoms with E-state index in [1.165, 1.54) is 0 Å². The van der Waals surface area contributed by atoms with Crippen LogP contribution >= 0.6 is 0 Å². The Bertz CT molecular complexity index is 726. The molecule has 0 fully saturated rings. The lowest BCUT2D eigenvalue weighted by Crippen LogP contribution is -2.05. The van der Waals surface area contributed by atoms with Gasteiger partial charge in [-0.2, -0.15) is 0 Å². The normalized spacial score (nSPS) is 10.1. The highest BCUT2D eigenvalue weighted by atomic mass is 16.6. The van der Waals surface area contributed by atoms with Crippen molar-refractivity contribution in [2.75, 3.05) is 11.2 Å². The molecule has 0 saturated carbocycles. The summed E-state index contributed by atoms with van der Waals surface area (Å²) in [4.78, 5) is 5.73. The van der Waals surface area contributed by atoms with E-state index in [-0.39, 0.29) is 0 Å². The minimum absolute atomic E-state index is 0.730. The molecule has 104 valence electrons. The fourth-order valence-electron chi connectivity index (χ4n) is 2.14. The SMILES string of the molecule is Nc1ccccc1-c1ccccc1ONc1ccccc1. The van der Waals surface area contributed by atoms with Crippen molar-refractivity contribution >= 4 is 11.4 Å². The molecule has 0 atom stereocenters. The molecule has 0 aliphatic heterocycles. The molecule has 0 bridgehead atoms. The van der Waals surface area contributed by atoms with Crippen LogP contribution in [-0.4, -0.2) is 0 Å². The molecule has 0 aliphatic rings. The predicted molar refractivity (Wildman–Crippen MR) is 87.0 cm³/mol. The van der Waals surface area contributed by atoms with Crippen molar-refractivity contribution in [3.05, 3.63) is 78.9 Å². The molecule has 0 saturated heterocycles. The number of anilines is 2. The minimum Gasteiger partial charge on any atom is -0.398 e. The monoisotopic (exact) mass is 276 g/mol. The van der Waals surface area contributed by atoms with Crippen LogP contribution < -0.4 is 16.1 Å². The third-order valence-corrected chi connectivity index (χ3v) is 3.19. The third kappa shape index (κ3) is 2.98. The Kier molecular flexibility index (Phi) is 3.74. The van der Waals surface area contributed by atoms with E-state index in [1.54, 1.807) is 0 Å². The molecule has 21 heavy (non-hydrogen) atoms. The molecule has 3 rings (SSSR count). The van der Waals surface area contributed by atoms with Crippen molar-refractivity contribution < 1.29 is 4.84 Å². The van der Waals surface area contributed by atoms with Crippen molar-refractivity contribution in [2.24, 2.45) is 0 Å². The van der Waals surface area contributed by atoms with E-state index in [0.29, 0.717) is 0 Å². The molecule has 0 heterocycles. The molecular formula is C18H16N2O. The van der Waals surface area contributed by atoms with Crippen molar-refractivity contribution in [1.82, 2.24) is 0 Å². The van der Waals surface area contributed by atoms with Gasteiger partial charge in [0.1, 0.15) is 0 Å². The average Bonchev–Trinajstić information content (AvgIpc) is 2.55. The standard InChI is InChI=1S/C18H16N2O/c19-17-12-6-4-10-15(17)16-11-5-7-13-18(16)21-20-14-8-2-1-3-9-14/h1-13,20H,19H2. The smallest absolute Gasteiger partial charge is 0.162 e. The second-order valence-electron chi connectivity index (χ2n) is 4.65. The Morgan fingerprint density at radius 3 is 2.05 bits per heavy atom. The van der Waals surface area contributed by atoms with E-state index in [4.69, 9.17) is 10.6 Å². The lowest BCUT2D eigenvalue weighted by molar-refractivity contribution is 0.407. The zero-order valence-corrected chi connectivity index (χ0v) is 11.5. The molecule has 3 nitrogen and oxygen atoms in total. The third-order valence-electron chi connectivity index (χ3n) is 3.19. The summed E-state index contributed by atoms with van der Waals surface area (Å²) in [5.74, 6) is 0.735. The quantitative estimate of drug-likeness (QED) is 0.550. The van der Waals surface area contributed by atoms with Gasteiger partial charge in [-0.05, 0) is 24.3 Å². The molecule has 0 aromatic heterocycles. The van der Waals surface area contributed by atoms with E-state index < -0.39 is 0 Å². The summed E-state index contributed by atoms with van der Waals surface area (Å²) in [6.45, 7) is 0. The van der Waals surface area contributed by atoms with Gasteiger partial charge in [0.05, 0.1) is 5.69 Å². The van der Waals surface area contributed by atoms with Crippen LogP contribution in [0.4, 0.5) is 11.4 Å². The molecule has 0 amide bonds. The Labute approximate surface area is 124 Å². The highest BCUT2D eigenvalue weighted by Gasteiger charge is 2.08.